The van der Waals surface area contributed by atoms with Crippen LogP contribution in [0.25, 0.3) is 0 Å². The second kappa shape index (κ2) is 16.1. The zero-order valence-corrected chi connectivity index (χ0v) is 28.6. The third kappa shape index (κ3) is 9.12. The van der Waals surface area contributed by atoms with Gasteiger partial charge in [-0.1, -0.05) is 85.1 Å². The third-order valence-electron chi connectivity index (χ3n) is 7.80. The molecule has 0 bridgehead atoms. The van der Waals surface area contributed by atoms with Crippen LogP contribution in [0.2, 0.25) is 10.0 Å². The second-order valence-corrected chi connectivity index (χ2v) is 14.0. The Labute approximate surface area is 282 Å². The lowest BCUT2D eigenvalue weighted by Crippen LogP contribution is -2.53. The number of hydrogen-bond acceptors (Lipinski definition) is 4. The van der Waals surface area contributed by atoms with E-state index in [1.54, 1.807) is 30.3 Å². The molecule has 1 N–H and O–H groups in total. The van der Waals surface area contributed by atoms with Gasteiger partial charge in [0, 0.05) is 29.6 Å². The summed E-state index contributed by atoms with van der Waals surface area (Å²) in [6, 6.07) is 26.7. The Bertz CT molecular complexity index is 1750. The normalized spacial score (nSPS) is 11.9. The van der Waals surface area contributed by atoms with Crippen molar-refractivity contribution in [3.8, 4) is 0 Å². The molecule has 0 saturated heterocycles. The van der Waals surface area contributed by atoms with Crippen molar-refractivity contribution in [2.45, 2.75) is 57.5 Å². The number of rotatable bonds is 14. The number of nitrogens with one attached hydrogen (secondary N) is 1. The first-order chi connectivity index (χ1) is 22.0. The van der Waals surface area contributed by atoms with Crippen molar-refractivity contribution in [1.82, 2.24) is 10.2 Å². The van der Waals surface area contributed by atoms with Gasteiger partial charge in [-0.05, 0) is 91.1 Å². The first kappa shape index (κ1) is 35.0. The van der Waals surface area contributed by atoms with Crippen LogP contribution in [-0.2, 0) is 32.6 Å². The number of carbonyl (C=O) groups is 2. The molecule has 0 fully saturated rings. The summed E-state index contributed by atoms with van der Waals surface area (Å²) in [6.07, 6.45) is 1.91. The molecule has 0 saturated carbocycles. The molecule has 46 heavy (non-hydrogen) atoms. The second-order valence-electron chi connectivity index (χ2n) is 11.2. The molecule has 0 radical (unpaired) electrons. The highest BCUT2D eigenvalue weighted by molar-refractivity contribution is 7.92. The smallest absolute Gasteiger partial charge is 0.264 e. The van der Waals surface area contributed by atoms with Gasteiger partial charge < -0.3 is 10.2 Å². The summed E-state index contributed by atoms with van der Waals surface area (Å²) in [5.41, 5.74) is 3.75. The molecule has 4 aromatic rings. The Kier molecular flexibility index (Phi) is 12.3. The predicted molar refractivity (Wildman–Crippen MR) is 186 cm³/mol. The molecule has 0 aliphatic carbocycles. The fourth-order valence-electron chi connectivity index (χ4n) is 5.04. The van der Waals surface area contributed by atoms with Crippen LogP contribution in [0.1, 0.15) is 42.0 Å². The fourth-order valence-corrected chi connectivity index (χ4v) is 6.78. The van der Waals surface area contributed by atoms with E-state index in [0.717, 1.165) is 33.8 Å². The monoisotopic (exact) mass is 679 g/mol. The number of amides is 2. The molecule has 0 spiro atoms. The van der Waals surface area contributed by atoms with Gasteiger partial charge in [-0.15, -0.1) is 0 Å². The summed E-state index contributed by atoms with van der Waals surface area (Å²) >= 11 is 12.4. The Morgan fingerprint density at radius 3 is 2.15 bits per heavy atom. The van der Waals surface area contributed by atoms with Gasteiger partial charge in [0.15, 0.2) is 0 Å². The Hall–Kier alpha value is -3.85. The minimum absolute atomic E-state index is 0.0116. The number of unbranched alkanes of at least 4 members (excludes halogenated alkanes) is 1. The third-order valence-corrected chi connectivity index (χ3v) is 10.1. The quantitative estimate of drug-likeness (QED) is 0.141. The van der Waals surface area contributed by atoms with Crippen LogP contribution in [0, 0.1) is 13.8 Å². The van der Waals surface area contributed by atoms with Crippen LogP contribution >= 0.6 is 23.2 Å². The SMILES string of the molecule is CCCCNC(=O)[C@H](Cc1ccccc1)N(Cc1cccc(Cl)c1)C(=O)CN(c1ccc(C)c(C)c1)S(=O)(=O)c1ccc(Cl)cc1. The average Bonchev–Trinajstić information content (AvgIpc) is 3.03. The lowest BCUT2D eigenvalue weighted by atomic mass is 10.0. The van der Waals surface area contributed by atoms with E-state index in [9.17, 15) is 18.0 Å². The maximum atomic E-state index is 14.6. The molecular formula is C36H39Cl2N3O4S. The van der Waals surface area contributed by atoms with E-state index < -0.39 is 28.5 Å². The fraction of sp³-hybridized carbons (Fsp3) is 0.278. The molecule has 0 aliphatic heterocycles. The molecule has 4 rings (SSSR count). The molecule has 7 nitrogen and oxygen atoms in total. The van der Waals surface area contributed by atoms with Crippen molar-refractivity contribution in [3.63, 3.8) is 0 Å². The minimum Gasteiger partial charge on any atom is -0.354 e. The van der Waals surface area contributed by atoms with Gasteiger partial charge in [0.25, 0.3) is 10.0 Å². The van der Waals surface area contributed by atoms with Crippen molar-refractivity contribution in [2.75, 3.05) is 17.4 Å². The Morgan fingerprint density at radius 1 is 0.804 bits per heavy atom. The Balaban J connectivity index is 1.81. The number of sulfonamides is 1. The maximum Gasteiger partial charge on any atom is 0.264 e. The number of anilines is 1. The van der Waals surface area contributed by atoms with E-state index in [1.165, 1.54) is 29.2 Å². The number of carbonyl (C=O) groups excluding carboxylic acids is 2. The molecule has 0 heterocycles. The molecule has 242 valence electrons. The summed E-state index contributed by atoms with van der Waals surface area (Å²) in [7, 11) is -4.23. The predicted octanol–water partition coefficient (Wildman–Crippen LogP) is 7.36. The van der Waals surface area contributed by atoms with E-state index in [0.29, 0.717) is 27.8 Å². The van der Waals surface area contributed by atoms with Crippen molar-refractivity contribution in [3.05, 3.63) is 129 Å². The summed E-state index contributed by atoms with van der Waals surface area (Å²) in [6.45, 7) is 5.81. The maximum absolute atomic E-state index is 14.6. The highest BCUT2D eigenvalue weighted by atomic mass is 35.5. The highest BCUT2D eigenvalue weighted by Gasteiger charge is 2.34. The summed E-state index contributed by atoms with van der Waals surface area (Å²) in [5.74, 6) is -0.853. The summed E-state index contributed by atoms with van der Waals surface area (Å²) in [4.78, 5) is 29.8. The molecule has 0 unspecified atom stereocenters. The molecule has 0 aliphatic rings. The van der Waals surface area contributed by atoms with Crippen LogP contribution in [-0.4, -0.2) is 44.3 Å². The van der Waals surface area contributed by atoms with Crippen molar-refractivity contribution in [1.29, 1.82) is 0 Å². The van der Waals surface area contributed by atoms with E-state index in [4.69, 9.17) is 23.2 Å². The molecule has 1 atom stereocenters. The van der Waals surface area contributed by atoms with Gasteiger partial charge in [-0.2, -0.15) is 0 Å². The number of halogens is 2. The van der Waals surface area contributed by atoms with Crippen molar-refractivity contribution < 1.29 is 18.0 Å². The van der Waals surface area contributed by atoms with E-state index >= 15 is 0 Å². The van der Waals surface area contributed by atoms with Crippen molar-refractivity contribution in [2.24, 2.45) is 0 Å². The Morgan fingerprint density at radius 2 is 1.50 bits per heavy atom. The van der Waals surface area contributed by atoms with Gasteiger partial charge in [0.05, 0.1) is 10.6 Å². The van der Waals surface area contributed by atoms with Gasteiger partial charge >= 0.3 is 0 Å². The van der Waals surface area contributed by atoms with E-state index in [1.807, 2.05) is 63.2 Å². The molecule has 2 amide bonds. The van der Waals surface area contributed by atoms with Crippen LogP contribution < -0.4 is 9.62 Å². The van der Waals surface area contributed by atoms with E-state index in [-0.39, 0.29) is 23.8 Å². The van der Waals surface area contributed by atoms with Crippen LogP contribution in [0.5, 0.6) is 0 Å². The van der Waals surface area contributed by atoms with Gasteiger partial charge in [-0.3, -0.25) is 13.9 Å². The molecule has 10 heteroatoms. The molecule has 4 aromatic carbocycles. The molecular weight excluding hydrogens is 641 g/mol. The van der Waals surface area contributed by atoms with Gasteiger partial charge in [0.2, 0.25) is 11.8 Å². The largest absolute Gasteiger partial charge is 0.354 e. The zero-order valence-electron chi connectivity index (χ0n) is 26.2. The van der Waals surface area contributed by atoms with Crippen LogP contribution in [0.3, 0.4) is 0 Å². The van der Waals surface area contributed by atoms with Gasteiger partial charge in [-0.25, -0.2) is 8.42 Å². The number of benzene rings is 4. The van der Waals surface area contributed by atoms with Gasteiger partial charge in [0.1, 0.15) is 12.6 Å². The lowest BCUT2D eigenvalue weighted by molar-refractivity contribution is -0.140. The molecule has 0 aromatic heterocycles. The van der Waals surface area contributed by atoms with Crippen molar-refractivity contribution >= 4 is 50.7 Å². The number of nitrogens with zero attached hydrogens (tertiary/aromatic N) is 2. The zero-order chi connectivity index (χ0) is 33.3. The lowest BCUT2D eigenvalue weighted by Gasteiger charge is -2.34. The summed E-state index contributed by atoms with van der Waals surface area (Å²) in [5, 5.41) is 3.87. The first-order valence-electron chi connectivity index (χ1n) is 15.2. The summed E-state index contributed by atoms with van der Waals surface area (Å²) < 4.78 is 29.5. The minimum atomic E-state index is -4.23. The first-order valence-corrected chi connectivity index (χ1v) is 17.4. The average molecular weight is 681 g/mol. The number of aryl methyl sites for hydroxylation is 2. The standard InChI is InChI=1S/C36H39Cl2N3O4S/c1-4-5-20-39-36(43)34(23-28-10-7-6-8-11-28)40(24-29-12-9-13-31(38)22-29)35(42)25-41(32-17-14-26(2)27(3)21-32)46(44,45)33-18-15-30(37)16-19-33/h6-19,21-22,34H,4-5,20,23-25H2,1-3H3,(H,39,43)/t34-/m0/s1. The number of hydrogen-bond donors (Lipinski definition) is 1. The highest BCUT2D eigenvalue weighted by Crippen LogP contribution is 2.28. The van der Waals surface area contributed by atoms with Crippen LogP contribution in [0.4, 0.5) is 5.69 Å². The van der Waals surface area contributed by atoms with E-state index in [2.05, 4.69) is 5.32 Å². The topological polar surface area (TPSA) is 86.8 Å². The van der Waals surface area contributed by atoms with Crippen LogP contribution in [0.15, 0.2) is 102 Å².